The van der Waals surface area contributed by atoms with Gasteiger partial charge in [0.2, 0.25) is 11.8 Å². The molecule has 1 N–H and O–H groups in total. The molecule has 1 fully saturated rings. The number of benzene rings is 2. The van der Waals surface area contributed by atoms with Gasteiger partial charge in [-0.05, 0) is 55.3 Å². The Labute approximate surface area is 157 Å². The van der Waals surface area contributed by atoms with E-state index < -0.39 is 0 Å². The Morgan fingerprint density at radius 2 is 2.00 bits per heavy atom. The van der Waals surface area contributed by atoms with Gasteiger partial charge in [0.05, 0.1) is 6.61 Å². The summed E-state index contributed by atoms with van der Waals surface area (Å²) in [5.41, 5.74) is 1.53. The SMILES string of the molecule is O=C(CCCOc1ccc(Cl)cc1)Nc1cccc(N2CCCC2=O)c1. The molecule has 2 aromatic carbocycles. The number of nitrogens with zero attached hydrogens (tertiary/aromatic N) is 1. The van der Waals surface area contributed by atoms with E-state index in [4.69, 9.17) is 16.3 Å². The van der Waals surface area contributed by atoms with Gasteiger partial charge in [0.15, 0.2) is 0 Å². The van der Waals surface area contributed by atoms with Crippen molar-refractivity contribution in [3.63, 3.8) is 0 Å². The summed E-state index contributed by atoms with van der Waals surface area (Å²) in [4.78, 5) is 25.7. The number of hydrogen-bond donors (Lipinski definition) is 1. The lowest BCUT2D eigenvalue weighted by atomic mass is 10.2. The Kier molecular flexibility index (Phi) is 6.12. The van der Waals surface area contributed by atoms with Crippen LogP contribution in [0.4, 0.5) is 11.4 Å². The second-order valence-corrected chi connectivity index (χ2v) is 6.59. The van der Waals surface area contributed by atoms with Gasteiger partial charge < -0.3 is 15.0 Å². The first-order valence-electron chi connectivity index (χ1n) is 8.70. The molecule has 1 aliphatic rings. The van der Waals surface area contributed by atoms with Crippen LogP contribution in [0.1, 0.15) is 25.7 Å². The molecule has 0 aliphatic carbocycles. The standard InChI is InChI=1S/C20H21ClN2O3/c21-15-8-10-18(11-9-15)26-13-3-6-19(24)22-16-4-1-5-17(14-16)23-12-2-7-20(23)25/h1,4-5,8-11,14H,2-3,6-7,12-13H2,(H,22,24). The quantitative estimate of drug-likeness (QED) is 0.738. The minimum Gasteiger partial charge on any atom is -0.494 e. The molecule has 0 atom stereocenters. The van der Waals surface area contributed by atoms with Gasteiger partial charge in [-0.15, -0.1) is 0 Å². The predicted octanol–water partition coefficient (Wildman–Crippen LogP) is 4.26. The third kappa shape index (κ3) is 4.99. The molecule has 136 valence electrons. The fourth-order valence-electron chi connectivity index (χ4n) is 2.85. The van der Waals surface area contributed by atoms with Gasteiger partial charge in [-0.2, -0.15) is 0 Å². The summed E-state index contributed by atoms with van der Waals surface area (Å²) in [5, 5.41) is 3.54. The van der Waals surface area contributed by atoms with Gasteiger partial charge in [0.1, 0.15) is 5.75 Å². The van der Waals surface area contributed by atoms with Crippen LogP contribution < -0.4 is 15.0 Å². The van der Waals surface area contributed by atoms with Crippen LogP contribution in [0.15, 0.2) is 48.5 Å². The predicted molar refractivity (Wildman–Crippen MR) is 103 cm³/mol. The largest absolute Gasteiger partial charge is 0.494 e. The third-order valence-electron chi connectivity index (χ3n) is 4.15. The average Bonchev–Trinajstić information content (AvgIpc) is 3.06. The summed E-state index contributed by atoms with van der Waals surface area (Å²) in [6, 6.07) is 14.5. The number of hydrogen-bond acceptors (Lipinski definition) is 3. The van der Waals surface area contributed by atoms with Crippen LogP contribution in [0.25, 0.3) is 0 Å². The molecule has 2 amide bonds. The van der Waals surface area contributed by atoms with Crippen LogP contribution in [0.5, 0.6) is 5.75 Å². The number of carbonyl (C=O) groups is 2. The molecule has 1 heterocycles. The Morgan fingerprint density at radius 1 is 1.19 bits per heavy atom. The number of anilines is 2. The maximum Gasteiger partial charge on any atom is 0.227 e. The molecule has 1 saturated heterocycles. The zero-order chi connectivity index (χ0) is 18.4. The van der Waals surface area contributed by atoms with Crippen molar-refractivity contribution in [1.82, 2.24) is 0 Å². The van der Waals surface area contributed by atoms with E-state index in [0.717, 1.165) is 24.4 Å². The van der Waals surface area contributed by atoms with E-state index in [9.17, 15) is 9.59 Å². The fraction of sp³-hybridized carbons (Fsp3) is 0.300. The lowest BCUT2D eigenvalue weighted by Crippen LogP contribution is -2.23. The molecule has 0 aromatic heterocycles. The normalized spacial score (nSPS) is 13.7. The third-order valence-corrected chi connectivity index (χ3v) is 4.40. The molecular weight excluding hydrogens is 352 g/mol. The first-order valence-corrected chi connectivity index (χ1v) is 9.08. The van der Waals surface area contributed by atoms with E-state index in [0.29, 0.717) is 36.6 Å². The zero-order valence-electron chi connectivity index (χ0n) is 14.4. The minimum absolute atomic E-state index is 0.0744. The van der Waals surface area contributed by atoms with Gasteiger partial charge in [-0.3, -0.25) is 9.59 Å². The second-order valence-electron chi connectivity index (χ2n) is 6.15. The van der Waals surface area contributed by atoms with Crippen molar-refractivity contribution < 1.29 is 14.3 Å². The Morgan fingerprint density at radius 3 is 2.73 bits per heavy atom. The number of halogens is 1. The molecule has 3 rings (SSSR count). The highest BCUT2D eigenvalue weighted by Gasteiger charge is 2.21. The molecular formula is C20H21ClN2O3. The summed E-state index contributed by atoms with van der Waals surface area (Å²) >= 11 is 5.82. The molecule has 0 saturated carbocycles. The number of carbonyl (C=O) groups excluding carboxylic acids is 2. The average molecular weight is 373 g/mol. The molecule has 6 heteroatoms. The van der Waals surface area contributed by atoms with Gasteiger partial charge in [0.25, 0.3) is 0 Å². The fourth-order valence-corrected chi connectivity index (χ4v) is 2.98. The second kappa shape index (κ2) is 8.72. The van der Waals surface area contributed by atoms with E-state index in [2.05, 4.69) is 5.32 Å². The number of nitrogens with one attached hydrogen (secondary N) is 1. The summed E-state index contributed by atoms with van der Waals surface area (Å²) in [7, 11) is 0. The Balaban J connectivity index is 1.44. The van der Waals surface area contributed by atoms with Crippen LogP contribution in [0.2, 0.25) is 5.02 Å². The first-order chi connectivity index (χ1) is 12.6. The summed E-state index contributed by atoms with van der Waals surface area (Å²) in [5.74, 6) is 0.792. The Bertz CT molecular complexity index is 777. The van der Waals surface area contributed by atoms with Gasteiger partial charge in [-0.1, -0.05) is 17.7 Å². The highest BCUT2D eigenvalue weighted by Crippen LogP contribution is 2.24. The summed E-state index contributed by atoms with van der Waals surface area (Å²) in [6.07, 6.45) is 2.44. The molecule has 0 unspecified atom stereocenters. The van der Waals surface area contributed by atoms with Crippen molar-refractivity contribution in [1.29, 1.82) is 0 Å². The van der Waals surface area contributed by atoms with Crippen LogP contribution in [-0.2, 0) is 9.59 Å². The molecule has 0 spiro atoms. The highest BCUT2D eigenvalue weighted by atomic mass is 35.5. The van der Waals surface area contributed by atoms with Crippen LogP contribution in [-0.4, -0.2) is 25.0 Å². The molecule has 26 heavy (non-hydrogen) atoms. The van der Waals surface area contributed by atoms with Crippen molar-refractivity contribution >= 4 is 34.8 Å². The number of amides is 2. The van der Waals surface area contributed by atoms with Crippen LogP contribution in [0.3, 0.4) is 0 Å². The monoisotopic (exact) mass is 372 g/mol. The van der Waals surface area contributed by atoms with E-state index >= 15 is 0 Å². The molecule has 0 radical (unpaired) electrons. The minimum atomic E-state index is -0.0744. The van der Waals surface area contributed by atoms with E-state index in [1.807, 2.05) is 24.3 Å². The zero-order valence-corrected chi connectivity index (χ0v) is 15.2. The molecule has 5 nitrogen and oxygen atoms in total. The summed E-state index contributed by atoms with van der Waals surface area (Å²) in [6.45, 7) is 1.19. The van der Waals surface area contributed by atoms with Gasteiger partial charge >= 0.3 is 0 Å². The number of ether oxygens (including phenoxy) is 1. The number of rotatable bonds is 7. The van der Waals surface area contributed by atoms with E-state index in [1.54, 1.807) is 29.2 Å². The Hall–Kier alpha value is -2.53. The van der Waals surface area contributed by atoms with Crippen molar-refractivity contribution in [2.75, 3.05) is 23.4 Å². The van der Waals surface area contributed by atoms with Crippen molar-refractivity contribution in [2.45, 2.75) is 25.7 Å². The maximum absolute atomic E-state index is 12.1. The molecule has 2 aromatic rings. The van der Waals surface area contributed by atoms with Crippen molar-refractivity contribution in [2.24, 2.45) is 0 Å². The lowest BCUT2D eigenvalue weighted by Gasteiger charge is -2.16. The molecule has 1 aliphatic heterocycles. The van der Waals surface area contributed by atoms with Crippen LogP contribution in [0, 0.1) is 0 Å². The maximum atomic E-state index is 12.1. The first kappa shape index (κ1) is 18.3. The topological polar surface area (TPSA) is 58.6 Å². The van der Waals surface area contributed by atoms with Gasteiger partial charge in [0, 0.05) is 35.8 Å². The molecule has 0 bridgehead atoms. The van der Waals surface area contributed by atoms with Crippen molar-refractivity contribution in [3.8, 4) is 5.75 Å². The van der Waals surface area contributed by atoms with Crippen LogP contribution >= 0.6 is 11.6 Å². The lowest BCUT2D eigenvalue weighted by molar-refractivity contribution is -0.117. The highest BCUT2D eigenvalue weighted by molar-refractivity contribution is 6.30. The van der Waals surface area contributed by atoms with Crippen molar-refractivity contribution in [3.05, 3.63) is 53.6 Å². The van der Waals surface area contributed by atoms with Gasteiger partial charge in [-0.25, -0.2) is 0 Å². The summed E-state index contributed by atoms with van der Waals surface area (Å²) < 4.78 is 5.58. The van der Waals surface area contributed by atoms with E-state index in [-0.39, 0.29) is 11.8 Å². The smallest absolute Gasteiger partial charge is 0.227 e. The van der Waals surface area contributed by atoms with E-state index in [1.165, 1.54) is 0 Å².